The molecule has 1 fully saturated rings. The lowest BCUT2D eigenvalue weighted by Gasteiger charge is -2.34. The van der Waals surface area contributed by atoms with Gasteiger partial charge in [0.1, 0.15) is 5.75 Å². The number of hydrogen-bond acceptors (Lipinski definition) is 3. The number of benzene rings is 2. The van der Waals surface area contributed by atoms with E-state index in [0.717, 1.165) is 49.6 Å². The van der Waals surface area contributed by atoms with Crippen molar-refractivity contribution in [2.24, 2.45) is 5.92 Å². The smallest absolute Gasteiger partial charge is 0.275 e. The second kappa shape index (κ2) is 10.5. The highest BCUT2D eigenvalue weighted by atomic mass is 16.5. The van der Waals surface area contributed by atoms with Gasteiger partial charge >= 0.3 is 0 Å². The zero-order valence-electron chi connectivity index (χ0n) is 18.8. The Bertz CT molecular complexity index is 811. The van der Waals surface area contributed by atoms with Crippen LogP contribution in [0.15, 0.2) is 48.5 Å². The molecular weight excluding hydrogens is 374 g/mol. The summed E-state index contributed by atoms with van der Waals surface area (Å²) in [7, 11) is 1.71. The van der Waals surface area contributed by atoms with E-state index in [1.807, 2.05) is 18.2 Å². The number of piperazine rings is 1. The van der Waals surface area contributed by atoms with Crippen molar-refractivity contribution in [1.82, 2.24) is 5.32 Å². The Morgan fingerprint density at radius 1 is 1.07 bits per heavy atom. The number of para-hydroxylation sites is 2. The van der Waals surface area contributed by atoms with Gasteiger partial charge in [-0.1, -0.05) is 50.2 Å². The van der Waals surface area contributed by atoms with Crippen molar-refractivity contribution >= 4 is 11.6 Å². The highest BCUT2D eigenvalue weighted by Gasteiger charge is 2.24. The summed E-state index contributed by atoms with van der Waals surface area (Å²) in [6, 6.07) is 16.8. The first-order valence-electron chi connectivity index (χ1n) is 11.1. The van der Waals surface area contributed by atoms with Gasteiger partial charge in [-0.2, -0.15) is 0 Å². The number of hydrogen-bond donors (Lipinski definition) is 2. The molecule has 162 valence electrons. The topological polar surface area (TPSA) is 46.0 Å². The van der Waals surface area contributed by atoms with E-state index in [-0.39, 0.29) is 11.9 Å². The Morgan fingerprint density at radius 2 is 1.73 bits per heavy atom. The summed E-state index contributed by atoms with van der Waals surface area (Å²) in [6.07, 6.45) is 1.09. The number of nitrogens with one attached hydrogen (secondary N) is 2. The van der Waals surface area contributed by atoms with Gasteiger partial charge in [0.15, 0.2) is 6.54 Å². The average Bonchev–Trinajstić information content (AvgIpc) is 2.74. The molecule has 1 aliphatic rings. The van der Waals surface area contributed by atoms with Gasteiger partial charge in [-0.25, -0.2) is 0 Å². The number of anilines is 1. The Labute approximate surface area is 181 Å². The second-order valence-electron chi connectivity index (χ2n) is 8.71. The molecular formula is C25H36N3O2+. The number of quaternary nitrogens is 1. The molecule has 1 saturated heterocycles. The van der Waals surface area contributed by atoms with Crippen LogP contribution < -0.4 is 19.9 Å². The number of rotatable bonds is 8. The Balaban J connectivity index is 1.46. The average molecular weight is 411 g/mol. The molecule has 1 heterocycles. The third-order valence-corrected chi connectivity index (χ3v) is 5.81. The maximum absolute atomic E-state index is 12.6. The van der Waals surface area contributed by atoms with Crippen LogP contribution >= 0.6 is 0 Å². The molecule has 0 radical (unpaired) electrons. The maximum Gasteiger partial charge on any atom is 0.275 e. The molecule has 0 aromatic heterocycles. The predicted octanol–water partition coefficient (Wildman–Crippen LogP) is 2.48. The molecule has 1 aliphatic heterocycles. The normalized spacial score (nSPS) is 15.8. The third-order valence-electron chi connectivity index (χ3n) is 5.81. The van der Waals surface area contributed by atoms with Crippen molar-refractivity contribution < 1.29 is 14.4 Å². The van der Waals surface area contributed by atoms with Crippen molar-refractivity contribution in [3.05, 3.63) is 59.7 Å². The van der Waals surface area contributed by atoms with Crippen LogP contribution in [-0.4, -0.2) is 45.7 Å². The monoisotopic (exact) mass is 410 g/mol. The quantitative estimate of drug-likeness (QED) is 0.703. The van der Waals surface area contributed by atoms with E-state index in [4.69, 9.17) is 4.74 Å². The fourth-order valence-electron chi connectivity index (χ4n) is 4.15. The van der Waals surface area contributed by atoms with Gasteiger partial charge in [-0.05, 0) is 42.5 Å². The molecule has 3 rings (SSSR count). The van der Waals surface area contributed by atoms with Crippen LogP contribution in [0.3, 0.4) is 0 Å². The van der Waals surface area contributed by atoms with Gasteiger partial charge < -0.3 is 19.9 Å². The van der Waals surface area contributed by atoms with Gasteiger partial charge in [-0.15, -0.1) is 0 Å². The minimum Gasteiger partial charge on any atom is -0.495 e. The van der Waals surface area contributed by atoms with Crippen LogP contribution in [0.5, 0.6) is 5.75 Å². The van der Waals surface area contributed by atoms with E-state index >= 15 is 0 Å². The lowest BCUT2D eigenvalue weighted by atomic mass is 10.00. The van der Waals surface area contributed by atoms with Gasteiger partial charge in [0.25, 0.3) is 5.91 Å². The van der Waals surface area contributed by atoms with Gasteiger partial charge in [-0.3, -0.25) is 4.79 Å². The molecule has 1 amide bonds. The van der Waals surface area contributed by atoms with Crippen LogP contribution in [0.4, 0.5) is 5.69 Å². The molecule has 0 aliphatic carbocycles. The Morgan fingerprint density at radius 3 is 2.37 bits per heavy atom. The summed E-state index contributed by atoms with van der Waals surface area (Å²) in [4.78, 5) is 16.3. The zero-order valence-corrected chi connectivity index (χ0v) is 18.8. The van der Waals surface area contributed by atoms with Crippen molar-refractivity contribution in [2.75, 3.05) is 44.7 Å². The van der Waals surface area contributed by atoms with Crippen LogP contribution in [0.1, 0.15) is 37.9 Å². The minimum absolute atomic E-state index is 0.0277. The number of carbonyl (C=O) groups excluding carboxylic acids is 1. The number of nitrogens with zero attached hydrogens (tertiary/aromatic N) is 1. The third kappa shape index (κ3) is 5.99. The van der Waals surface area contributed by atoms with E-state index in [0.29, 0.717) is 12.5 Å². The molecule has 0 bridgehead atoms. The second-order valence-corrected chi connectivity index (χ2v) is 8.71. The molecule has 0 saturated carbocycles. The maximum atomic E-state index is 12.6. The molecule has 2 aromatic carbocycles. The Kier molecular flexibility index (Phi) is 7.75. The molecule has 30 heavy (non-hydrogen) atoms. The summed E-state index contributed by atoms with van der Waals surface area (Å²) < 4.78 is 5.49. The molecule has 1 atom stereocenters. The first-order chi connectivity index (χ1) is 14.5. The highest BCUT2D eigenvalue weighted by Crippen LogP contribution is 2.27. The van der Waals surface area contributed by atoms with Gasteiger partial charge in [0.05, 0.1) is 45.0 Å². The molecule has 5 heteroatoms. The number of ether oxygens (including phenoxy) is 1. The molecule has 2 aromatic rings. The van der Waals surface area contributed by atoms with Crippen molar-refractivity contribution in [2.45, 2.75) is 33.2 Å². The summed E-state index contributed by atoms with van der Waals surface area (Å²) in [5, 5.41) is 3.17. The first-order valence-corrected chi connectivity index (χ1v) is 11.1. The number of carbonyl (C=O) groups is 1. The summed E-state index contributed by atoms with van der Waals surface area (Å²) in [5.74, 6) is 1.68. The zero-order chi connectivity index (χ0) is 21.5. The standard InChI is InChI=1S/C25H35N3O2/c1-19(2)17-21-9-11-22(12-10-21)20(3)26-25(29)18-27-13-15-28(16-14-27)23-7-5-6-8-24(23)30-4/h5-12,19-20H,13-18H2,1-4H3,(H,26,29)/p+1/t20-/m1/s1. The first kappa shape index (κ1) is 22.2. The van der Waals surface area contributed by atoms with Crippen LogP contribution in [0, 0.1) is 5.92 Å². The van der Waals surface area contributed by atoms with E-state index < -0.39 is 0 Å². The summed E-state index contributed by atoms with van der Waals surface area (Å²) in [6.45, 7) is 10.8. The minimum atomic E-state index is 0.0277. The van der Waals surface area contributed by atoms with E-state index in [1.54, 1.807) is 7.11 Å². The van der Waals surface area contributed by atoms with Crippen LogP contribution in [-0.2, 0) is 11.2 Å². The number of amides is 1. The van der Waals surface area contributed by atoms with E-state index in [2.05, 4.69) is 61.3 Å². The molecule has 5 nitrogen and oxygen atoms in total. The summed E-state index contributed by atoms with van der Waals surface area (Å²) >= 11 is 0. The van der Waals surface area contributed by atoms with E-state index in [9.17, 15) is 4.79 Å². The predicted molar refractivity (Wildman–Crippen MR) is 122 cm³/mol. The fraction of sp³-hybridized carbons (Fsp3) is 0.480. The Hall–Kier alpha value is -2.53. The lowest BCUT2D eigenvalue weighted by molar-refractivity contribution is -0.892. The molecule has 2 N–H and O–H groups in total. The largest absolute Gasteiger partial charge is 0.495 e. The van der Waals surface area contributed by atoms with Crippen molar-refractivity contribution in [1.29, 1.82) is 0 Å². The summed E-state index contributed by atoms with van der Waals surface area (Å²) in [5.41, 5.74) is 3.65. The van der Waals surface area contributed by atoms with Gasteiger partial charge in [0.2, 0.25) is 0 Å². The van der Waals surface area contributed by atoms with E-state index in [1.165, 1.54) is 10.5 Å². The lowest BCUT2D eigenvalue weighted by Crippen LogP contribution is -3.15. The van der Waals surface area contributed by atoms with Crippen molar-refractivity contribution in [3.8, 4) is 5.75 Å². The molecule has 0 spiro atoms. The highest BCUT2D eigenvalue weighted by molar-refractivity contribution is 5.77. The van der Waals surface area contributed by atoms with Crippen LogP contribution in [0.25, 0.3) is 0 Å². The molecule has 0 unspecified atom stereocenters. The van der Waals surface area contributed by atoms with Crippen LogP contribution in [0.2, 0.25) is 0 Å². The van der Waals surface area contributed by atoms with Crippen molar-refractivity contribution in [3.63, 3.8) is 0 Å². The number of methoxy groups -OCH3 is 1. The van der Waals surface area contributed by atoms with Gasteiger partial charge in [0, 0.05) is 0 Å². The SMILES string of the molecule is COc1ccccc1N1CC[NH+](CC(=O)N[C@H](C)c2ccc(CC(C)C)cc2)CC1. The fourth-order valence-corrected chi connectivity index (χ4v) is 4.15.